The number of carbonyl (C=O) groups is 2. The molecule has 1 saturated carbocycles. The molecule has 0 aromatic heterocycles. The molecule has 0 radical (unpaired) electrons. The van der Waals surface area contributed by atoms with Crippen molar-refractivity contribution in [3.63, 3.8) is 0 Å². The number of carbonyl (C=O) groups excluding carboxylic acids is 2. The van der Waals surface area contributed by atoms with Gasteiger partial charge in [-0.2, -0.15) is 0 Å². The summed E-state index contributed by atoms with van der Waals surface area (Å²) in [4.78, 5) is 33.8. The second kappa shape index (κ2) is 24.3. The van der Waals surface area contributed by atoms with E-state index >= 15 is 0 Å². The molecule has 3 fully saturated rings. The third kappa shape index (κ3) is 14.1. The van der Waals surface area contributed by atoms with E-state index in [1.54, 1.807) is 34.8 Å². The van der Waals surface area contributed by atoms with Crippen LogP contribution in [0.5, 0.6) is 0 Å². The van der Waals surface area contributed by atoms with Gasteiger partial charge in [-0.15, -0.1) is 0 Å². The Morgan fingerprint density at radius 3 is 2.05 bits per heavy atom. The molecule has 2 aliphatic heterocycles. The van der Waals surface area contributed by atoms with Gasteiger partial charge in [0.25, 0.3) is 0 Å². The first-order valence-electron chi connectivity index (χ1n) is 23.4. The number of esters is 1. The molecule has 18 atom stereocenters. The van der Waals surface area contributed by atoms with Crippen molar-refractivity contribution in [2.24, 2.45) is 34.7 Å². The van der Waals surface area contributed by atoms with Crippen LogP contribution in [0.15, 0.2) is 5.16 Å². The monoisotopic (exact) mass is 903 g/mol. The standard InChI is InChI=1S/C47H86N2O14/c1-16-34-24-36(51)29(4)40(62-37-26-45(9,56-14)42(54)32(7)61-37)31(6)43(63-44-39(52)35(49(12)13)23-28(3)60-44)46(10,57-15)25-27(2)38(30(5)41(53)47(34,11)55)48-59-22-20-18-17-19-21-58-33(8)50/h27-32,34-35,37,39-44,52-55H,16-26H2,1-15H3/b48-38+/t27-,28-,29+,30+,31+,32+,34+,35+,37+,39-,40-,41-,42+,43-,44+,45-,46-,47-/m1/s1. The zero-order valence-electron chi connectivity index (χ0n) is 41.2. The van der Waals surface area contributed by atoms with E-state index in [4.69, 9.17) is 38.0 Å². The molecule has 16 heteroatoms. The number of unbranched alkanes of at least 4 members (excludes halogenated alkanes) is 3. The summed E-state index contributed by atoms with van der Waals surface area (Å²) in [5, 5.41) is 51.9. The number of ketones is 1. The molecule has 0 aromatic carbocycles. The van der Waals surface area contributed by atoms with Crippen LogP contribution < -0.4 is 0 Å². The van der Waals surface area contributed by atoms with Gasteiger partial charge >= 0.3 is 5.97 Å². The molecule has 3 aliphatic rings. The Hall–Kier alpha value is -1.83. The molecule has 0 amide bonds. The van der Waals surface area contributed by atoms with E-state index in [0.717, 1.165) is 19.3 Å². The molecule has 2 saturated heterocycles. The number of methoxy groups -OCH3 is 2. The molecule has 0 bridgehead atoms. The molecular formula is C47H86N2O14. The van der Waals surface area contributed by atoms with Gasteiger partial charge in [0.2, 0.25) is 0 Å². The summed E-state index contributed by atoms with van der Waals surface area (Å²) in [6.45, 7) is 20.5. The summed E-state index contributed by atoms with van der Waals surface area (Å²) in [6.07, 6.45) is -3.48. The number of ether oxygens (including phenoxy) is 7. The average Bonchev–Trinajstić information content (AvgIpc) is 3.22. The number of hydrogen-bond acceptors (Lipinski definition) is 16. The Morgan fingerprint density at radius 2 is 1.48 bits per heavy atom. The fourth-order valence-electron chi connectivity index (χ4n) is 10.2. The number of aliphatic hydroxyl groups excluding tert-OH is 3. The Labute approximate surface area is 378 Å². The summed E-state index contributed by atoms with van der Waals surface area (Å²) < 4.78 is 44.0. The van der Waals surface area contributed by atoms with Crippen molar-refractivity contribution >= 4 is 17.5 Å². The highest BCUT2D eigenvalue weighted by Crippen LogP contribution is 2.43. The van der Waals surface area contributed by atoms with E-state index in [9.17, 15) is 30.0 Å². The van der Waals surface area contributed by atoms with Crippen molar-refractivity contribution in [1.29, 1.82) is 0 Å². The van der Waals surface area contributed by atoms with Crippen molar-refractivity contribution in [3.05, 3.63) is 0 Å². The number of rotatable bonds is 16. The van der Waals surface area contributed by atoms with Crippen LogP contribution in [0.2, 0.25) is 0 Å². The molecule has 1 aliphatic carbocycles. The van der Waals surface area contributed by atoms with Gasteiger partial charge in [0.05, 0.1) is 59.6 Å². The van der Waals surface area contributed by atoms with E-state index in [1.807, 2.05) is 60.5 Å². The number of nitrogens with zero attached hydrogens (tertiary/aromatic N) is 2. The summed E-state index contributed by atoms with van der Waals surface area (Å²) in [6, 6.07) is -0.269. The largest absolute Gasteiger partial charge is 0.466 e. The predicted molar refractivity (Wildman–Crippen MR) is 238 cm³/mol. The van der Waals surface area contributed by atoms with Crippen molar-refractivity contribution in [1.82, 2.24) is 4.90 Å². The van der Waals surface area contributed by atoms with E-state index in [-0.39, 0.29) is 43.2 Å². The molecule has 63 heavy (non-hydrogen) atoms. The highest BCUT2D eigenvalue weighted by atomic mass is 16.7. The lowest BCUT2D eigenvalue weighted by Gasteiger charge is -2.50. The topological polar surface area (TPSA) is 204 Å². The van der Waals surface area contributed by atoms with E-state index in [1.165, 1.54) is 14.0 Å². The highest BCUT2D eigenvalue weighted by Gasteiger charge is 2.53. The summed E-state index contributed by atoms with van der Waals surface area (Å²) in [5.41, 5.74) is -3.39. The molecular weight excluding hydrogens is 817 g/mol. The third-order valence-corrected chi connectivity index (χ3v) is 14.5. The van der Waals surface area contributed by atoms with Gasteiger partial charge in [0.15, 0.2) is 12.6 Å². The molecule has 4 N–H and O–H groups in total. The summed E-state index contributed by atoms with van der Waals surface area (Å²) in [5.74, 6) is -3.68. The van der Waals surface area contributed by atoms with Gasteiger partial charge in [0.1, 0.15) is 24.6 Å². The van der Waals surface area contributed by atoms with Crippen LogP contribution in [0.3, 0.4) is 0 Å². The number of oxime groups is 1. The molecule has 0 spiro atoms. The quantitative estimate of drug-likeness (QED) is 0.0912. The van der Waals surface area contributed by atoms with E-state index in [0.29, 0.717) is 38.2 Å². The fourth-order valence-corrected chi connectivity index (χ4v) is 10.2. The summed E-state index contributed by atoms with van der Waals surface area (Å²) >= 11 is 0. The molecule has 2 heterocycles. The van der Waals surface area contributed by atoms with E-state index in [2.05, 4.69) is 5.16 Å². The van der Waals surface area contributed by atoms with Crippen LogP contribution in [-0.2, 0) is 47.6 Å². The Morgan fingerprint density at radius 1 is 0.857 bits per heavy atom. The maximum atomic E-state index is 14.7. The van der Waals surface area contributed by atoms with Crippen molar-refractivity contribution in [3.8, 4) is 0 Å². The van der Waals surface area contributed by atoms with Gasteiger partial charge in [-0.25, -0.2) is 0 Å². The van der Waals surface area contributed by atoms with Gasteiger partial charge in [0, 0.05) is 63.7 Å². The number of likely N-dealkylation sites (N-methyl/N-ethyl adjacent to an activating group) is 1. The lowest BCUT2D eigenvalue weighted by molar-refractivity contribution is -0.318. The fraction of sp³-hybridized carbons (Fsp3) is 0.936. The van der Waals surface area contributed by atoms with Gasteiger partial charge < -0.3 is 63.3 Å². The van der Waals surface area contributed by atoms with Crippen LogP contribution in [-0.4, -0.2) is 162 Å². The maximum absolute atomic E-state index is 14.7. The second-order valence-electron chi connectivity index (χ2n) is 19.8. The minimum atomic E-state index is -1.71. The van der Waals surface area contributed by atoms with Crippen LogP contribution in [0.4, 0.5) is 0 Å². The average molecular weight is 903 g/mol. The normalized spacial score (nSPS) is 43.1. The zero-order valence-corrected chi connectivity index (χ0v) is 41.2. The molecule has 368 valence electrons. The Bertz CT molecular complexity index is 1450. The molecule has 16 nitrogen and oxygen atoms in total. The zero-order chi connectivity index (χ0) is 47.6. The SMILES string of the molecule is CC[C@H]1CC(=O)[C@H](C)[C@@H](O[C@H]2C[C@@](C)(OC)[C@@H](O)[C@H](C)O2)[C@H](C)[C@@H](O[C@@H]2O[C@H](C)C[C@H](N(C)C)[C@H]2O)[C@](C)(OC)C[C@@H](C)/C(=N\OCCCCCCOC(C)=O)[C@H](C)[C@@H](O)[C@]1(C)O. The lowest BCUT2D eigenvalue weighted by Crippen LogP contribution is -2.61. The van der Waals surface area contributed by atoms with Crippen molar-refractivity contribution in [2.75, 3.05) is 41.5 Å². The minimum absolute atomic E-state index is 0.0625. The van der Waals surface area contributed by atoms with E-state index < -0.39 is 95.6 Å². The number of Topliss-reactive ketones (excluding diaryl/α,β-unsaturated/α-hetero) is 1. The third-order valence-electron chi connectivity index (χ3n) is 14.5. The van der Waals surface area contributed by atoms with Gasteiger partial charge in [-0.3, -0.25) is 9.59 Å². The number of hydrogen-bond donors (Lipinski definition) is 4. The lowest BCUT2D eigenvalue weighted by atomic mass is 9.69. The van der Waals surface area contributed by atoms with Crippen LogP contribution in [0, 0.1) is 29.6 Å². The predicted octanol–water partition coefficient (Wildman–Crippen LogP) is 5.03. The Kier molecular flexibility index (Phi) is 21.4. The van der Waals surface area contributed by atoms with Crippen LogP contribution in [0.1, 0.15) is 134 Å². The smallest absolute Gasteiger partial charge is 0.302 e. The van der Waals surface area contributed by atoms with Crippen LogP contribution in [0.25, 0.3) is 0 Å². The minimum Gasteiger partial charge on any atom is -0.466 e. The van der Waals surface area contributed by atoms with Gasteiger partial charge in [-0.05, 0) is 93.2 Å². The summed E-state index contributed by atoms with van der Waals surface area (Å²) in [7, 11) is 6.94. The van der Waals surface area contributed by atoms with Crippen molar-refractivity contribution in [2.45, 2.75) is 212 Å². The van der Waals surface area contributed by atoms with Gasteiger partial charge in [-0.1, -0.05) is 46.2 Å². The first-order chi connectivity index (χ1) is 29.4. The van der Waals surface area contributed by atoms with Crippen molar-refractivity contribution < 1.29 is 68.0 Å². The maximum Gasteiger partial charge on any atom is 0.302 e. The second-order valence-corrected chi connectivity index (χ2v) is 19.8. The molecule has 0 unspecified atom stereocenters. The highest BCUT2D eigenvalue weighted by molar-refractivity contribution is 5.89. The first kappa shape index (κ1) is 55.5. The molecule has 3 rings (SSSR count). The Balaban J connectivity index is 2.18. The van der Waals surface area contributed by atoms with Crippen LogP contribution >= 0.6 is 0 Å². The first-order valence-corrected chi connectivity index (χ1v) is 23.4. The molecule has 0 aromatic rings. The number of aliphatic hydroxyl groups is 4.